The lowest BCUT2D eigenvalue weighted by Crippen LogP contribution is -2.63. The molecule has 20 heteroatoms. The summed E-state index contributed by atoms with van der Waals surface area (Å²) in [5.74, 6) is 0.725. The van der Waals surface area contributed by atoms with Crippen LogP contribution in [0.4, 0.5) is 0 Å². The standard InChI is InChI=1S/C16H28N2O.C15H28N2O2S.C15H26N2O.C14H26N2O2S.C13H22N2O2/c1-11(2)14-15(19)18-8-7-17(12(3)4)10-13(18)9-16(14,5)6;1-11(2)13-9-15(5,6)14-10-16(12(3)4)7-8-17(14)20(13,18)19;1-10(2)13-14(18)17-8-7-16(11(3)4)9-12(17)15(13,5)6;1-10(2)13-14(5,6)12-9-15(11(3)4)7-8-16(12)19(13,17)18;1-9(2)11-8-17-12-7-14(10(3)4)5-6-15(12)13(11)16/h12-13H,7-10H2,1-6H3;12,14H,7-10H2,1-6H3;11-12H,7-9H2,1-6H3;11-12H,7-9H2,1-6H3;10,12H,5-8H2,1-4H3. The molecule has 0 saturated carbocycles. The lowest BCUT2D eigenvalue weighted by atomic mass is 9.72. The molecule has 18 nitrogen and oxygen atoms in total. The predicted molar refractivity (Wildman–Crippen MR) is 381 cm³/mol. The van der Waals surface area contributed by atoms with Gasteiger partial charge in [-0.2, -0.15) is 8.61 Å². The Morgan fingerprint density at radius 3 is 1.28 bits per heavy atom. The van der Waals surface area contributed by atoms with Crippen molar-refractivity contribution in [2.24, 2.45) is 21.7 Å². The van der Waals surface area contributed by atoms with Crippen LogP contribution in [0.25, 0.3) is 0 Å². The van der Waals surface area contributed by atoms with Crippen molar-refractivity contribution in [1.82, 2.24) is 47.8 Å². The lowest BCUT2D eigenvalue weighted by Gasteiger charge is -2.52. The van der Waals surface area contributed by atoms with Crippen molar-refractivity contribution in [3.63, 3.8) is 0 Å². The molecule has 10 fully saturated rings. The van der Waals surface area contributed by atoms with Gasteiger partial charge in [-0.25, -0.2) is 16.8 Å². The molecule has 5 unspecified atom stereocenters. The molecular weight excluding hydrogens is 1210 g/mol. The molecule has 0 aliphatic carbocycles. The Bertz CT molecular complexity index is 3110. The van der Waals surface area contributed by atoms with Gasteiger partial charge in [-0.3, -0.25) is 38.9 Å². The van der Waals surface area contributed by atoms with Crippen LogP contribution < -0.4 is 0 Å². The molecule has 0 N–H and O–H groups in total. The number of sulfonamides is 2. The van der Waals surface area contributed by atoms with E-state index in [-0.39, 0.29) is 57.7 Å². The minimum Gasteiger partial charge on any atom is -0.352 e. The second kappa shape index (κ2) is 30.0. The van der Waals surface area contributed by atoms with Gasteiger partial charge in [0.25, 0.3) is 17.7 Å². The summed E-state index contributed by atoms with van der Waals surface area (Å²) >= 11 is 0. The van der Waals surface area contributed by atoms with E-state index in [9.17, 15) is 31.2 Å². The van der Waals surface area contributed by atoms with Gasteiger partial charge < -0.3 is 19.4 Å². The number of piperazine rings is 5. The summed E-state index contributed by atoms with van der Waals surface area (Å²) in [5.41, 5.74) is 7.88. The Labute approximate surface area is 566 Å². The zero-order chi connectivity index (χ0) is 70.5. The first-order valence-corrected chi connectivity index (χ1v) is 38.2. The van der Waals surface area contributed by atoms with Crippen LogP contribution in [0.3, 0.4) is 0 Å². The van der Waals surface area contributed by atoms with Crippen LogP contribution in [0.15, 0.2) is 54.4 Å². The molecule has 0 spiro atoms. The lowest BCUT2D eigenvalue weighted by molar-refractivity contribution is -0.162. The summed E-state index contributed by atoms with van der Waals surface area (Å²) in [4.78, 5) is 57.0. The van der Waals surface area contributed by atoms with Gasteiger partial charge in [-0.15, -0.1) is 0 Å². The van der Waals surface area contributed by atoms with Crippen molar-refractivity contribution in [1.29, 1.82) is 0 Å². The summed E-state index contributed by atoms with van der Waals surface area (Å²) in [6.07, 6.45) is 1.69. The third kappa shape index (κ3) is 16.5. The maximum atomic E-state index is 12.8. The van der Waals surface area contributed by atoms with E-state index in [0.717, 1.165) is 125 Å². The number of allylic oxidation sites excluding steroid dienone is 6. The number of fused-ring (bicyclic) bond motifs is 5. The second-order valence-electron chi connectivity index (χ2n) is 33.3. The van der Waals surface area contributed by atoms with Gasteiger partial charge in [0.2, 0.25) is 20.0 Å². The smallest absolute Gasteiger partial charge is 0.254 e. The van der Waals surface area contributed by atoms with E-state index in [1.165, 1.54) is 11.1 Å². The van der Waals surface area contributed by atoms with Crippen LogP contribution in [-0.2, 0) is 39.2 Å². The summed E-state index contributed by atoms with van der Waals surface area (Å²) in [6, 6.07) is 3.48. The van der Waals surface area contributed by atoms with Crippen molar-refractivity contribution in [3.8, 4) is 0 Å². The van der Waals surface area contributed by atoms with Gasteiger partial charge in [0.15, 0.2) is 0 Å². The minimum absolute atomic E-state index is 0.00845. The van der Waals surface area contributed by atoms with Gasteiger partial charge in [0, 0.05) is 174 Å². The summed E-state index contributed by atoms with van der Waals surface area (Å²) in [6.45, 7) is 72.7. The van der Waals surface area contributed by atoms with Gasteiger partial charge in [0.1, 0.15) is 6.23 Å². The molecule has 3 amide bonds. The summed E-state index contributed by atoms with van der Waals surface area (Å²) < 4.78 is 60.3. The van der Waals surface area contributed by atoms with E-state index in [1.54, 1.807) is 8.61 Å². The minimum atomic E-state index is -3.26. The fourth-order valence-electron chi connectivity index (χ4n) is 16.8. The summed E-state index contributed by atoms with van der Waals surface area (Å²) in [7, 11) is -6.52. The number of amides is 3. The first-order chi connectivity index (χ1) is 42.7. The molecule has 0 aromatic rings. The Morgan fingerprint density at radius 2 is 0.828 bits per heavy atom. The van der Waals surface area contributed by atoms with Crippen molar-refractivity contribution in [2.45, 2.75) is 267 Å². The van der Waals surface area contributed by atoms with Crippen molar-refractivity contribution in [2.75, 3.05) is 105 Å². The fourth-order valence-corrected chi connectivity index (χ4v) is 21.7. The normalized spacial score (nSPS) is 28.7. The maximum absolute atomic E-state index is 12.8. The van der Waals surface area contributed by atoms with Crippen LogP contribution in [0.2, 0.25) is 0 Å². The molecule has 0 aromatic heterocycles. The fraction of sp³-hybridized carbons (Fsp3) is 0.822. The first kappa shape index (κ1) is 78.7. The largest absolute Gasteiger partial charge is 0.352 e. The molecule has 93 heavy (non-hydrogen) atoms. The number of carbonyl (C=O) groups excluding carboxylic acids is 3. The number of rotatable bonds is 5. The molecule has 5 atom stereocenters. The van der Waals surface area contributed by atoms with E-state index >= 15 is 0 Å². The van der Waals surface area contributed by atoms with Crippen LogP contribution in [-0.4, -0.2) is 248 Å². The number of carbonyl (C=O) groups is 3. The molecule has 0 bridgehead atoms. The third-order valence-electron chi connectivity index (χ3n) is 22.2. The highest BCUT2D eigenvalue weighted by Gasteiger charge is 2.57. The van der Waals surface area contributed by atoms with E-state index in [1.807, 2.05) is 46.4 Å². The van der Waals surface area contributed by atoms with Crippen LogP contribution in [0.1, 0.15) is 207 Å². The first-order valence-electron chi connectivity index (χ1n) is 35.3. The number of ether oxygens (including phenoxy) is 1. The van der Waals surface area contributed by atoms with Crippen LogP contribution in [0, 0.1) is 21.7 Å². The van der Waals surface area contributed by atoms with Gasteiger partial charge in [-0.05, 0) is 162 Å². The Morgan fingerprint density at radius 1 is 0.419 bits per heavy atom. The molecule has 0 aromatic carbocycles. The molecule has 0 radical (unpaired) electrons. The maximum Gasteiger partial charge on any atom is 0.254 e. The van der Waals surface area contributed by atoms with Crippen molar-refractivity contribution < 1.29 is 36.0 Å². The highest BCUT2D eigenvalue weighted by Crippen LogP contribution is 2.50. The SMILES string of the molecule is CC(C)=C1C(=O)N2CCN(C(C)C)CC2C1(C)C.CC(C)=C1C(=O)N2CCN(C(C)C)CC2CC1(C)C.CC(C)=C1C(C)(C)C2CN(C(C)C)CCN2S1(=O)=O.CC(C)=C1CC(C)(C)C2CN(C(C)C)CCN2S1(=O)=O.CC(C)=C1COC2CN(C(C)C)CCN2C1=O. The van der Waals surface area contributed by atoms with Crippen molar-refractivity contribution >= 4 is 37.8 Å². The topological polar surface area (TPSA) is 161 Å². The average Bonchev–Trinajstić information content (AvgIpc) is 1.67. The third-order valence-corrected chi connectivity index (χ3v) is 26.9. The van der Waals surface area contributed by atoms with E-state index in [2.05, 4.69) is 187 Å². The number of hydrogen-bond donors (Lipinski definition) is 0. The molecule has 10 aliphatic heterocycles. The molecule has 532 valence electrons. The van der Waals surface area contributed by atoms with Gasteiger partial charge in [0.05, 0.1) is 22.5 Å². The van der Waals surface area contributed by atoms with Gasteiger partial charge in [-0.1, -0.05) is 83.3 Å². The predicted octanol–water partition coefficient (Wildman–Crippen LogP) is 10.7. The molecular formula is C73H130N10O8S2. The van der Waals surface area contributed by atoms with Crippen LogP contribution in [0.5, 0.6) is 0 Å². The zero-order valence-electron chi connectivity index (χ0n) is 63.6. The highest BCUT2D eigenvalue weighted by molar-refractivity contribution is 7.93. The monoisotopic (exact) mass is 1340 g/mol. The zero-order valence-corrected chi connectivity index (χ0v) is 65.2. The van der Waals surface area contributed by atoms with E-state index in [4.69, 9.17) is 4.74 Å². The molecule has 10 saturated heterocycles. The average molecular weight is 1340 g/mol. The summed E-state index contributed by atoms with van der Waals surface area (Å²) in [5, 5.41) is 0. The molecule has 10 rings (SSSR count). The highest BCUT2D eigenvalue weighted by atomic mass is 32.2. The van der Waals surface area contributed by atoms with E-state index < -0.39 is 20.0 Å². The number of piperidine rings is 1. The Hall–Kier alpha value is -3.31. The Balaban J connectivity index is 0.000000185. The number of hydrogen-bond acceptors (Lipinski definition) is 13. The van der Waals surface area contributed by atoms with Crippen LogP contribution >= 0.6 is 0 Å². The Kier molecular flexibility index (Phi) is 25.4. The number of nitrogens with zero attached hydrogens (tertiary/aromatic N) is 10. The molecule has 10 heterocycles. The quantitative estimate of drug-likeness (QED) is 0.239. The molecule has 10 aliphatic rings. The van der Waals surface area contributed by atoms with Crippen molar-refractivity contribution in [3.05, 3.63) is 54.4 Å². The van der Waals surface area contributed by atoms with Gasteiger partial charge >= 0.3 is 0 Å². The second-order valence-corrected chi connectivity index (χ2v) is 37.1. The van der Waals surface area contributed by atoms with E-state index in [0.29, 0.717) is 78.2 Å².